The number of carbonyl (C=O) groups is 6. The second-order valence-corrected chi connectivity index (χ2v) is 18.2. The van der Waals surface area contributed by atoms with Gasteiger partial charge in [0.2, 0.25) is 29.9 Å². The van der Waals surface area contributed by atoms with Gasteiger partial charge in [0.05, 0.1) is 45.4 Å². The van der Waals surface area contributed by atoms with Crippen LogP contribution in [0.3, 0.4) is 0 Å². The van der Waals surface area contributed by atoms with Gasteiger partial charge in [-0.25, -0.2) is 14.4 Å². The summed E-state index contributed by atoms with van der Waals surface area (Å²) in [5.74, 6) is 10.7. The number of aryl methyl sites for hydroxylation is 2. The summed E-state index contributed by atoms with van der Waals surface area (Å²) >= 11 is 0. The fourth-order valence-electron chi connectivity index (χ4n) is 8.61. The van der Waals surface area contributed by atoms with E-state index in [1.54, 1.807) is 37.2 Å². The molecule has 2 unspecified atom stereocenters. The minimum Gasteiger partial charge on any atom is -0.444 e. The molecule has 3 N–H and O–H groups in total. The van der Waals surface area contributed by atoms with E-state index in [2.05, 4.69) is 39.6 Å². The highest BCUT2D eigenvalue weighted by molar-refractivity contribution is 6.01. The van der Waals surface area contributed by atoms with Crippen LogP contribution in [0.15, 0.2) is 46.0 Å². The number of imidazole rings is 2. The van der Waals surface area contributed by atoms with Crippen molar-refractivity contribution >= 4 is 58.1 Å². The number of para-hydroxylation sites is 2. The lowest BCUT2D eigenvalue weighted by atomic mass is 10.1. The molecule has 0 bridgehead atoms. The number of nitrogens with one attached hydrogen (secondary N) is 3. The first-order valence-electron chi connectivity index (χ1n) is 23.2. The predicted octanol–water partition coefficient (Wildman–Crippen LogP) is 3.27. The van der Waals surface area contributed by atoms with Gasteiger partial charge >= 0.3 is 23.6 Å². The van der Waals surface area contributed by atoms with Crippen LogP contribution in [0.2, 0.25) is 0 Å². The Labute approximate surface area is 406 Å². The number of aromatic nitrogens is 4. The van der Waals surface area contributed by atoms with Gasteiger partial charge in [-0.2, -0.15) is 13.2 Å². The SMILES string of the molecule is Cn1c(=O)n(C2CCC(=O)NC2=O)c2cccc(C#CCOC3CCN(C(=O)OC(C)(C)C)CC3)c21.Cn1c(=O)n(C2CCC(=O)NC2=O)c2cccc(C#CCOC3CCNCC3)c21.O=CC(F)(F)F. The maximum absolute atomic E-state index is 13.0. The molecule has 4 aliphatic rings. The van der Waals surface area contributed by atoms with E-state index in [-0.39, 0.29) is 67.4 Å². The van der Waals surface area contributed by atoms with Crippen molar-refractivity contribution in [2.45, 2.75) is 108 Å². The van der Waals surface area contributed by atoms with Crippen molar-refractivity contribution in [3.05, 3.63) is 68.5 Å². The number of hydrogen-bond donors (Lipinski definition) is 3. The number of hydrogen-bond acceptors (Lipinski definition) is 12. The Morgan fingerprint density at radius 1 is 0.690 bits per heavy atom. The molecule has 380 valence electrons. The number of fused-ring (bicyclic) bond motifs is 2. The van der Waals surface area contributed by atoms with Crippen LogP contribution in [0, 0.1) is 23.7 Å². The average Bonchev–Trinajstić information content (AvgIpc) is 3.73. The molecule has 0 radical (unpaired) electrons. The number of piperidine rings is 4. The van der Waals surface area contributed by atoms with E-state index in [9.17, 15) is 46.7 Å². The number of imide groups is 2. The van der Waals surface area contributed by atoms with E-state index in [1.165, 1.54) is 18.3 Å². The highest BCUT2D eigenvalue weighted by atomic mass is 19.4. The van der Waals surface area contributed by atoms with Gasteiger partial charge < -0.3 is 24.4 Å². The Hall–Kier alpha value is -7.01. The van der Waals surface area contributed by atoms with E-state index < -0.39 is 42.0 Å². The van der Waals surface area contributed by atoms with Crippen LogP contribution < -0.4 is 27.3 Å². The van der Waals surface area contributed by atoms with Gasteiger partial charge in [0.15, 0.2) is 0 Å². The summed E-state index contributed by atoms with van der Waals surface area (Å²) in [6.45, 7) is 9.17. The van der Waals surface area contributed by atoms with Crippen LogP contribution in [0.25, 0.3) is 22.1 Å². The summed E-state index contributed by atoms with van der Waals surface area (Å²) in [7, 11) is 3.32. The van der Waals surface area contributed by atoms with Gasteiger partial charge in [0.25, 0.3) is 0 Å². The highest BCUT2D eigenvalue weighted by Crippen LogP contribution is 2.27. The number of halogens is 3. The number of nitrogens with zero attached hydrogens (tertiary/aromatic N) is 5. The number of alkyl halides is 3. The first kappa shape index (κ1) is 53.3. The Kier molecular flexibility index (Phi) is 17.5. The second-order valence-electron chi connectivity index (χ2n) is 18.2. The molecule has 22 heteroatoms. The standard InChI is InChI=1S/C26H32N4O6.C21H24N4O4.C2HF3O/c1-26(2,3)36-25(34)29-14-12-18(13-15-29)35-16-6-8-17-7-5-9-19-22(17)28(4)24(33)30(19)20-10-11-21(31)27-23(20)32;1-24-19-14(5-3-13-29-15-9-11-22-12-10-15)4-2-6-16(19)25(21(24)28)17-7-8-18(26)23-20(17)27;3-2(4,5)1-6/h5,7,9,18,20H,10-16H2,1-4H3,(H,27,31,32);2,4,6,15,17,22H,7-13H2,1H3,(H,23,26,27);1H. The number of amides is 5. The Morgan fingerprint density at radius 3 is 1.51 bits per heavy atom. The van der Waals surface area contributed by atoms with Crippen LogP contribution in [0.4, 0.5) is 18.0 Å². The normalized spacial score (nSPS) is 19.0. The molecule has 19 nitrogen and oxygen atoms in total. The van der Waals surface area contributed by atoms with E-state index in [1.807, 2.05) is 39.0 Å². The molecule has 8 rings (SSSR count). The zero-order valence-corrected chi connectivity index (χ0v) is 40.1. The molecule has 71 heavy (non-hydrogen) atoms. The van der Waals surface area contributed by atoms with E-state index in [0.717, 1.165) is 25.9 Å². The smallest absolute Gasteiger partial charge is 0.444 e. The third-order valence-corrected chi connectivity index (χ3v) is 12.0. The van der Waals surface area contributed by atoms with Gasteiger partial charge in [0.1, 0.15) is 30.9 Å². The van der Waals surface area contributed by atoms with Gasteiger partial charge in [-0.15, -0.1) is 0 Å². The molecule has 4 saturated heterocycles. The van der Waals surface area contributed by atoms with Crippen LogP contribution in [-0.2, 0) is 52.3 Å². The molecule has 2 aromatic heterocycles. The van der Waals surface area contributed by atoms with Crippen LogP contribution in [0.5, 0.6) is 0 Å². The monoisotopic (exact) mass is 990 g/mol. The number of likely N-dealkylation sites (tertiary alicyclic amines) is 1. The Morgan fingerprint density at radius 2 is 1.11 bits per heavy atom. The van der Waals surface area contributed by atoms with Crippen LogP contribution in [0.1, 0.15) is 95.3 Å². The van der Waals surface area contributed by atoms with Crippen LogP contribution in [-0.4, -0.2) is 123 Å². The van der Waals surface area contributed by atoms with Crippen molar-refractivity contribution in [1.82, 2.24) is 39.1 Å². The maximum Gasteiger partial charge on any atom is 0.446 e. The summed E-state index contributed by atoms with van der Waals surface area (Å²) in [6, 6.07) is 9.44. The minimum absolute atomic E-state index is 0.00624. The van der Waals surface area contributed by atoms with Crippen molar-refractivity contribution in [3.63, 3.8) is 0 Å². The van der Waals surface area contributed by atoms with Crippen molar-refractivity contribution in [3.8, 4) is 23.7 Å². The summed E-state index contributed by atoms with van der Waals surface area (Å²) in [5, 5.41) is 7.94. The molecule has 4 fully saturated rings. The summed E-state index contributed by atoms with van der Waals surface area (Å²) < 4.78 is 54.3. The average molecular weight is 991 g/mol. The second kappa shape index (κ2) is 23.3. The van der Waals surface area contributed by atoms with Crippen molar-refractivity contribution < 1.29 is 56.1 Å². The Bertz CT molecular complexity index is 2910. The lowest BCUT2D eigenvalue weighted by Crippen LogP contribution is -2.44. The zero-order chi connectivity index (χ0) is 51.6. The number of aldehydes is 1. The Balaban J connectivity index is 0.000000212. The molecule has 0 aliphatic carbocycles. The zero-order valence-electron chi connectivity index (χ0n) is 40.1. The summed E-state index contributed by atoms with van der Waals surface area (Å²) in [4.78, 5) is 96.2. The topological polar surface area (TPSA) is 223 Å². The predicted molar refractivity (Wildman–Crippen MR) is 252 cm³/mol. The quantitative estimate of drug-likeness (QED) is 0.144. The van der Waals surface area contributed by atoms with Gasteiger partial charge in [-0.1, -0.05) is 35.8 Å². The number of benzene rings is 2. The molecule has 4 aromatic rings. The molecule has 5 amide bonds. The largest absolute Gasteiger partial charge is 0.446 e. The maximum atomic E-state index is 13.0. The highest BCUT2D eigenvalue weighted by Gasteiger charge is 2.33. The van der Waals surface area contributed by atoms with Gasteiger partial charge in [-0.3, -0.25) is 52.9 Å². The van der Waals surface area contributed by atoms with Crippen molar-refractivity contribution in [2.75, 3.05) is 39.4 Å². The van der Waals surface area contributed by atoms with E-state index in [4.69, 9.17) is 19.0 Å². The first-order chi connectivity index (χ1) is 33.7. The molecule has 0 spiro atoms. The molecule has 6 heterocycles. The number of ether oxygens (including phenoxy) is 3. The molecule has 4 aliphatic heterocycles. The van der Waals surface area contributed by atoms with Crippen molar-refractivity contribution in [1.29, 1.82) is 0 Å². The number of rotatable bonds is 6. The molecule has 2 aromatic carbocycles. The van der Waals surface area contributed by atoms with E-state index >= 15 is 0 Å². The molecular weight excluding hydrogens is 934 g/mol. The third-order valence-electron chi connectivity index (χ3n) is 12.0. The summed E-state index contributed by atoms with van der Waals surface area (Å²) in [5.41, 5.74) is 2.76. The minimum atomic E-state index is -4.64. The van der Waals surface area contributed by atoms with E-state index in [0.29, 0.717) is 72.2 Å². The molecule has 0 saturated carbocycles. The molecular formula is C49H57F3N8O11. The lowest BCUT2D eigenvalue weighted by molar-refractivity contribution is -0.156. The van der Waals surface area contributed by atoms with Crippen molar-refractivity contribution in [2.24, 2.45) is 14.1 Å². The fourth-order valence-corrected chi connectivity index (χ4v) is 8.61. The number of carbonyl (C=O) groups excluding carboxylic acids is 6. The lowest BCUT2D eigenvalue weighted by Gasteiger charge is -2.33. The van der Waals surface area contributed by atoms with Crippen LogP contribution >= 0.6 is 0 Å². The van der Waals surface area contributed by atoms with Gasteiger partial charge in [0, 0.05) is 40.0 Å². The molecule has 2 atom stereocenters. The fraction of sp³-hybridized carbons (Fsp3) is 0.510. The third kappa shape index (κ3) is 13.7. The van der Waals surface area contributed by atoms with Gasteiger partial charge in [-0.05, 0) is 96.7 Å². The summed E-state index contributed by atoms with van der Waals surface area (Å²) in [6.07, 6.45) is -1.38. The first-order valence-corrected chi connectivity index (χ1v) is 23.2.